The molecule has 0 spiro atoms. The Morgan fingerprint density at radius 1 is 1.62 bits per heavy atom. The molecule has 1 amide bonds. The number of hydrogen-bond donors (Lipinski definition) is 2. The molecule has 0 aliphatic carbocycles. The lowest BCUT2D eigenvalue weighted by Crippen LogP contribution is -2.37. The lowest BCUT2D eigenvalue weighted by atomic mass is 10.1. The van der Waals surface area contributed by atoms with Crippen molar-refractivity contribution in [3.8, 4) is 0 Å². The molecule has 1 unspecified atom stereocenters. The van der Waals surface area contributed by atoms with E-state index in [9.17, 15) is 4.79 Å². The van der Waals surface area contributed by atoms with E-state index >= 15 is 0 Å². The number of nitrogen functional groups attached to an aromatic ring is 1. The van der Waals surface area contributed by atoms with E-state index < -0.39 is 0 Å². The number of pyridine rings is 1. The van der Waals surface area contributed by atoms with E-state index in [4.69, 9.17) is 5.84 Å². The Kier molecular flexibility index (Phi) is 5.33. The number of nitrogens with one attached hydrogen (secondary N) is 1. The average molecular weight is 369 g/mol. The maximum absolute atomic E-state index is 12.6. The Hall–Kier alpha value is -1.44. The van der Waals surface area contributed by atoms with Gasteiger partial charge in [-0.1, -0.05) is 6.07 Å². The highest BCUT2D eigenvalue weighted by molar-refractivity contribution is 9.10. The van der Waals surface area contributed by atoms with Gasteiger partial charge in [-0.15, -0.1) is 11.3 Å². The molecule has 112 valence electrons. The molecule has 21 heavy (non-hydrogen) atoms. The first kappa shape index (κ1) is 15.9. The molecule has 2 aromatic heterocycles. The summed E-state index contributed by atoms with van der Waals surface area (Å²) in [5.74, 6) is 5.69. The van der Waals surface area contributed by atoms with Gasteiger partial charge in [-0.25, -0.2) is 10.8 Å². The molecule has 7 heteroatoms. The van der Waals surface area contributed by atoms with Crippen molar-refractivity contribution in [2.24, 2.45) is 5.84 Å². The van der Waals surface area contributed by atoms with Crippen LogP contribution >= 0.6 is 27.3 Å². The van der Waals surface area contributed by atoms with Gasteiger partial charge in [0.1, 0.15) is 0 Å². The number of carbonyl (C=O) groups excluding carboxylic acids is 1. The zero-order chi connectivity index (χ0) is 15.4. The Morgan fingerprint density at radius 3 is 3.00 bits per heavy atom. The molecular weight excluding hydrogens is 352 g/mol. The molecule has 2 aromatic rings. The van der Waals surface area contributed by atoms with Gasteiger partial charge in [-0.05, 0) is 40.4 Å². The molecule has 0 aromatic carbocycles. The van der Waals surface area contributed by atoms with E-state index in [0.717, 1.165) is 10.9 Å². The van der Waals surface area contributed by atoms with Crippen LogP contribution in [0, 0.1) is 0 Å². The van der Waals surface area contributed by atoms with Crippen molar-refractivity contribution in [1.29, 1.82) is 0 Å². The summed E-state index contributed by atoms with van der Waals surface area (Å²) in [5, 5.41) is 2.04. The number of thiophene rings is 1. The minimum absolute atomic E-state index is 0.0840. The second-order valence-electron chi connectivity index (χ2n) is 4.74. The van der Waals surface area contributed by atoms with Crippen LogP contribution in [0.4, 0.5) is 5.82 Å². The van der Waals surface area contributed by atoms with E-state index in [0.29, 0.717) is 11.4 Å². The van der Waals surface area contributed by atoms with Gasteiger partial charge in [-0.2, -0.15) is 0 Å². The van der Waals surface area contributed by atoms with Crippen molar-refractivity contribution < 1.29 is 4.79 Å². The zero-order valence-electron chi connectivity index (χ0n) is 11.8. The molecule has 0 radical (unpaired) electrons. The molecule has 5 nitrogen and oxygen atoms in total. The van der Waals surface area contributed by atoms with Gasteiger partial charge in [-0.3, -0.25) is 4.79 Å². The number of carbonyl (C=O) groups is 1. The van der Waals surface area contributed by atoms with Crippen molar-refractivity contribution in [3.63, 3.8) is 0 Å². The Morgan fingerprint density at radius 2 is 2.38 bits per heavy atom. The Labute approximate surface area is 136 Å². The summed E-state index contributed by atoms with van der Waals surface area (Å²) < 4.78 is 0.740. The first-order valence-corrected chi connectivity index (χ1v) is 8.12. The largest absolute Gasteiger partial charge is 0.339 e. The molecule has 0 aliphatic heterocycles. The fraction of sp³-hybridized carbons (Fsp3) is 0.286. The number of hydrogen-bond acceptors (Lipinski definition) is 5. The van der Waals surface area contributed by atoms with Crippen molar-refractivity contribution in [3.05, 3.63) is 44.7 Å². The predicted octanol–water partition coefficient (Wildman–Crippen LogP) is 2.89. The van der Waals surface area contributed by atoms with Crippen LogP contribution in [0.25, 0.3) is 0 Å². The summed E-state index contributed by atoms with van der Waals surface area (Å²) in [6.45, 7) is 2.03. The van der Waals surface area contributed by atoms with Gasteiger partial charge < -0.3 is 10.3 Å². The van der Waals surface area contributed by atoms with Crippen LogP contribution in [0.2, 0.25) is 0 Å². The Balaban J connectivity index is 2.16. The molecule has 0 aliphatic rings. The number of nitrogens with two attached hydrogens (primary N) is 1. The summed E-state index contributed by atoms with van der Waals surface area (Å²) in [5.41, 5.74) is 2.92. The first-order chi connectivity index (χ1) is 10.0. The van der Waals surface area contributed by atoms with Crippen molar-refractivity contribution in [2.45, 2.75) is 19.4 Å². The maximum Gasteiger partial charge on any atom is 0.257 e. The van der Waals surface area contributed by atoms with E-state index in [1.54, 1.807) is 35.5 Å². The SMILES string of the molecule is CC(Cc1cccs1)N(C)C(=O)c1cc(Br)cnc1NN. The summed E-state index contributed by atoms with van der Waals surface area (Å²) in [7, 11) is 1.79. The van der Waals surface area contributed by atoms with Crippen molar-refractivity contribution >= 4 is 39.0 Å². The van der Waals surface area contributed by atoms with Gasteiger partial charge in [0.15, 0.2) is 5.82 Å². The molecule has 1 atom stereocenters. The predicted molar refractivity (Wildman–Crippen MR) is 89.3 cm³/mol. The van der Waals surface area contributed by atoms with Crippen molar-refractivity contribution in [1.82, 2.24) is 9.88 Å². The lowest BCUT2D eigenvalue weighted by Gasteiger charge is -2.25. The molecular formula is C14H17BrN4OS. The van der Waals surface area contributed by atoms with Gasteiger partial charge in [0.2, 0.25) is 0 Å². The highest BCUT2D eigenvalue weighted by atomic mass is 79.9. The molecule has 2 heterocycles. The van der Waals surface area contributed by atoms with Gasteiger partial charge >= 0.3 is 0 Å². The topological polar surface area (TPSA) is 71.2 Å². The zero-order valence-corrected chi connectivity index (χ0v) is 14.2. The second kappa shape index (κ2) is 7.02. The number of aromatic nitrogens is 1. The Bertz CT molecular complexity index is 617. The van der Waals surface area contributed by atoms with Crippen LogP contribution in [0.15, 0.2) is 34.2 Å². The smallest absolute Gasteiger partial charge is 0.257 e. The van der Waals surface area contributed by atoms with E-state index in [-0.39, 0.29) is 11.9 Å². The van der Waals surface area contributed by atoms with Crippen LogP contribution in [-0.2, 0) is 6.42 Å². The number of anilines is 1. The maximum atomic E-state index is 12.6. The molecule has 0 fully saturated rings. The van der Waals surface area contributed by atoms with Crippen LogP contribution < -0.4 is 11.3 Å². The fourth-order valence-corrected chi connectivity index (χ4v) is 3.12. The molecule has 3 N–H and O–H groups in total. The summed E-state index contributed by atoms with van der Waals surface area (Å²) in [4.78, 5) is 19.7. The van der Waals surface area contributed by atoms with E-state index in [2.05, 4.69) is 32.4 Å². The molecule has 0 saturated heterocycles. The fourth-order valence-electron chi connectivity index (χ4n) is 1.96. The molecule has 0 bridgehead atoms. The monoisotopic (exact) mass is 368 g/mol. The van der Waals surface area contributed by atoms with Gasteiger partial charge in [0.05, 0.1) is 5.56 Å². The molecule has 0 saturated carbocycles. The third kappa shape index (κ3) is 3.81. The number of hydrazine groups is 1. The van der Waals surface area contributed by atoms with Crippen LogP contribution in [0.3, 0.4) is 0 Å². The van der Waals surface area contributed by atoms with Gasteiger partial charge in [0, 0.05) is 35.1 Å². The van der Waals surface area contributed by atoms with E-state index in [1.807, 2.05) is 18.4 Å². The van der Waals surface area contributed by atoms with Crippen LogP contribution in [-0.4, -0.2) is 28.9 Å². The van der Waals surface area contributed by atoms with Crippen LogP contribution in [0.1, 0.15) is 22.2 Å². The number of halogens is 1. The number of amides is 1. The quantitative estimate of drug-likeness (QED) is 0.628. The van der Waals surface area contributed by atoms with E-state index in [1.165, 1.54) is 4.88 Å². The number of rotatable bonds is 5. The minimum atomic E-state index is -0.110. The van der Waals surface area contributed by atoms with Crippen molar-refractivity contribution in [2.75, 3.05) is 12.5 Å². The number of nitrogens with zero attached hydrogens (tertiary/aromatic N) is 2. The average Bonchev–Trinajstić information content (AvgIpc) is 2.98. The summed E-state index contributed by atoms with van der Waals surface area (Å²) >= 11 is 5.02. The van der Waals surface area contributed by atoms with Gasteiger partial charge in [0.25, 0.3) is 5.91 Å². The third-order valence-electron chi connectivity index (χ3n) is 3.28. The number of likely N-dealkylation sites (N-methyl/N-ethyl adjacent to an activating group) is 1. The highest BCUT2D eigenvalue weighted by Gasteiger charge is 2.21. The standard InChI is InChI=1S/C14H17BrN4OS/c1-9(6-11-4-3-5-21-11)19(2)14(20)12-7-10(15)8-17-13(12)18-16/h3-5,7-9H,6,16H2,1-2H3,(H,17,18). The molecule has 2 rings (SSSR count). The second-order valence-corrected chi connectivity index (χ2v) is 6.69. The van der Waals surface area contributed by atoms with Crippen LogP contribution in [0.5, 0.6) is 0 Å². The lowest BCUT2D eigenvalue weighted by molar-refractivity contribution is 0.0744. The highest BCUT2D eigenvalue weighted by Crippen LogP contribution is 2.21. The first-order valence-electron chi connectivity index (χ1n) is 6.44. The minimum Gasteiger partial charge on any atom is -0.339 e. The summed E-state index contributed by atoms with van der Waals surface area (Å²) in [6.07, 6.45) is 2.42. The summed E-state index contributed by atoms with van der Waals surface area (Å²) in [6, 6.07) is 5.90. The third-order valence-corrected chi connectivity index (χ3v) is 4.61. The normalized spacial score (nSPS) is 12.0.